The molecule has 0 aliphatic carbocycles. The van der Waals surface area contributed by atoms with E-state index in [1.165, 1.54) is 77.0 Å². The monoisotopic (exact) mass is 504 g/mol. The van der Waals surface area contributed by atoms with Crippen LogP contribution in [-0.2, 0) is 15.1 Å². The second-order valence-electron chi connectivity index (χ2n) is 7.93. The van der Waals surface area contributed by atoms with Crippen LogP contribution in [0.25, 0.3) is 21.3 Å². The topological polar surface area (TPSA) is 56.4 Å². The van der Waals surface area contributed by atoms with Crippen molar-refractivity contribution in [3.63, 3.8) is 0 Å². The quantitative estimate of drug-likeness (QED) is 0.362. The van der Waals surface area contributed by atoms with Crippen LogP contribution in [0.3, 0.4) is 0 Å². The molecule has 4 aliphatic heterocycles. The summed E-state index contributed by atoms with van der Waals surface area (Å²) in [6, 6.07) is 2.39. The van der Waals surface area contributed by atoms with Crippen molar-refractivity contribution in [2.75, 3.05) is 26.2 Å². The molecular formula is C20H36Cl2N4Ru-4. The molecule has 7 heteroatoms. The minimum atomic E-state index is -0.346. The average Bonchev–Trinajstić information content (AvgIpc) is 2.77. The molecule has 4 rings (SSSR count). The van der Waals surface area contributed by atoms with Gasteiger partial charge in [-0.15, -0.1) is 26.2 Å². The van der Waals surface area contributed by atoms with Gasteiger partial charge in [0.25, 0.3) is 0 Å². The molecule has 0 saturated carbocycles. The maximum atomic E-state index is 4.85. The standard InChI is InChI=1S/2C10H18N2.2ClH.Ru/c2*1-3-7-11-9(5-1)10-6-2-4-8-12-10;;;/h2*9-10H,1-8H2;2*1H;/q2*-2;;;+2/p-2. The van der Waals surface area contributed by atoms with Crippen molar-refractivity contribution in [1.82, 2.24) is 0 Å². The van der Waals surface area contributed by atoms with E-state index >= 15 is 0 Å². The molecule has 0 amide bonds. The summed E-state index contributed by atoms with van der Waals surface area (Å²) in [6.45, 7) is 4.38. The predicted octanol–water partition coefficient (Wildman–Crippen LogP) is 7.05. The minimum absolute atomic E-state index is 0.346. The number of halogens is 2. The molecule has 162 valence electrons. The maximum absolute atomic E-state index is 4.85. The van der Waals surface area contributed by atoms with Crippen LogP contribution in [-0.4, -0.2) is 50.3 Å². The van der Waals surface area contributed by atoms with E-state index in [0.717, 1.165) is 26.2 Å². The summed E-state index contributed by atoms with van der Waals surface area (Å²) >= 11 is -0.346. The van der Waals surface area contributed by atoms with E-state index in [9.17, 15) is 0 Å². The Morgan fingerprint density at radius 1 is 0.444 bits per heavy atom. The molecule has 4 aliphatic rings. The summed E-state index contributed by atoms with van der Waals surface area (Å²) < 4.78 is 0. The summed E-state index contributed by atoms with van der Waals surface area (Å²) in [5.74, 6) is 0. The third-order valence-corrected chi connectivity index (χ3v) is 5.97. The first-order valence-corrected chi connectivity index (χ1v) is 15.3. The molecule has 27 heavy (non-hydrogen) atoms. The van der Waals surface area contributed by atoms with Crippen LogP contribution in [0.15, 0.2) is 0 Å². The molecule has 0 radical (unpaired) electrons. The molecule has 4 nitrogen and oxygen atoms in total. The van der Waals surface area contributed by atoms with E-state index in [0.29, 0.717) is 24.2 Å². The zero-order valence-corrected chi connectivity index (χ0v) is 19.8. The van der Waals surface area contributed by atoms with Crippen LogP contribution in [0.1, 0.15) is 77.0 Å². The zero-order chi connectivity index (χ0) is 19.2. The molecule has 0 N–H and O–H groups in total. The molecular weight excluding hydrogens is 468 g/mol. The third-order valence-electron chi connectivity index (χ3n) is 5.97. The SMILES string of the molecule is C1CCC(C2CCCC[N-]2)[N-]C1.C1CCC(C2CCCC[N-]2)[N-]C1.[Cl][Ru][Cl]. The Bertz CT molecular complexity index is 277. The number of hydrogen-bond acceptors (Lipinski definition) is 0. The fourth-order valence-corrected chi connectivity index (χ4v) is 4.51. The van der Waals surface area contributed by atoms with E-state index in [1.807, 2.05) is 0 Å². The van der Waals surface area contributed by atoms with Crippen LogP contribution in [0.4, 0.5) is 0 Å². The van der Waals surface area contributed by atoms with Crippen molar-refractivity contribution in [3.05, 3.63) is 21.3 Å². The van der Waals surface area contributed by atoms with Gasteiger partial charge in [-0.2, -0.15) is 24.2 Å². The average molecular weight is 505 g/mol. The molecule has 0 aromatic rings. The van der Waals surface area contributed by atoms with Gasteiger partial charge in [0, 0.05) is 0 Å². The predicted molar refractivity (Wildman–Crippen MR) is 115 cm³/mol. The Kier molecular flexibility index (Phi) is 14.3. The first-order valence-electron chi connectivity index (χ1n) is 10.9. The zero-order valence-electron chi connectivity index (χ0n) is 16.5. The molecule has 0 aromatic carbocycles. The van der Waals surface area contributed by atoms with Crippen LogP contribution in [0.5, 0.6) is 0 Å². The van der Waals surface area contributed by atoms with Crippen molar-refractivity contribution in [3.8, 4) is 0 Å². The normalized spacial score (nSPS) is 34.6. The third kappa shape index (κ3) is 10.1. The second kappa shape index (κ2) is 15.8. The Morgan fingerprint density at radius 3 is 0.815 bits per heavy atom. The summed E-state index contributed by atoms with van der Waals surface area (Å²) in [5.41, 5.74) is 0. The second-order valence-corrected chi connectivity index (χ2v) is 10.6. The fourth-order valence-electron chi connectivity index (χ4n) is 4.51. The van der Waals surface area contributed by atoms with Crippen LogP contribution in [0, 0.1) is 0 Å². The summed E-state index contributed by atoms with van der Waals surface area (Å²) in [5, 5.41) is 18.6. The number of nitrogens with zero attached hydrogens (tertiary/aromatic N) is 4. The summed E-state index contributed by atoms with van der Waals surface area (Å²) in [7, 11) is 9.71. The molecule has 0 spiro atoms. The Balaban J connectivity index is 0.000000170. The molecule has 4 saturated heterocycles. The number of rotatable bonds is 2. The van der Waals surface area contributed by atoms with Crippen molar-refractivity contribution < 1.29 is 15.1 Å². The Morgan fingerprint density at radius 2 is 0.667 bits per heavy atom. The Labute approximate surface area is 182 Å². The van der Waals surface area contributed by atoms with Gasteiger partial charge in [0.2, 0.25) is 0 Å². The Hall–Kier alpha value is 1.04. The van der Waals surface area contributed by atoms with Crippen molar-refractivity contribution >= 4 is 19.4 Å². The molecule has 0 aromatic heterocycles. The summed E-state index contributed by atoms with van der Waals surface area (Å²) in [4.78, 5) is 0. The van der Waals surface area contributed by atoms with Crippen molar-refractivity contribution in [1.29, 1.82) is 0 Å². The van der Waals surface area contributed by atoms with Gasteiger partial charge < -0.3 is 21.3 Å². The number of hydrogen-bond donors (Lipinski definition) is 0. The molecule has 4 atom stereocenters. The summed E-state index contributed by atoms with van der Waals surface area (Å²) in [6.07, 6.45) is 15.9. The van der Waals surface area contributed by atoms with Gasteiger partial charge in [-0.3, -0.25) is 0 Å². The van der Waals surface area contributed by atoms with E-state index < -0.39 is 0 Å². The van der Waals surface area contributed by atoms with Gasteiger partial charge in [0.15, 0.2) is 0 Å². The van der Waals surface area contributed by atoms with Gasteiger partial charge in [0.1, 0.15) is 0 Å². The van der Waals surface area contributed by atoms with Gasteiger partial charge in [-0.1, -0.05) is 77.0 Å². The molecule has 4 heterocycles. The van der Waals surface area contributed by atoms with E-state index in [2.05, 4.69) is 21.3 Å². The van der Waals surface area contributed by atoms with Crippen molar-refractivity contribution in [2.24, 2.45) is 0 Å². The van der Waals surface area contributed by atoms with E-state index in [1.54, 1.807) is 0 Å². The molecule has 0 bridgehead atoms. The van der Waals surface area contributed by atoms with Crippen LogP contribution < -0.4 is 0 Å². The van der Waals surface area contributed by atoms with Gasteiger partial charge >= 0.3 is 34.5 Å². The first kappa shape index (κ1) is 24.3. The van der Waals surface area contributed by atoms with E-state index in [4.69, 9.17) is 19.4 Å². The molecule has 4 unspecified atom stereocenters. The number of piperidine rings is 4. The van der Waals surface area contributed by atoms with Gasteiger partial charge in [-0.05, 0) is 0 Å². The molecule has 4 fully saturated rings. The van der Waals surface area contributed by atoms with Gasteiger partial charge in [-0.25, -0.2) is 0 Å². The van der Waals surface area contributed by atoms with Gasteiger partial charge in [0.05, 0.1) is 0 Å². The first-order chi connectivity index (χ1) is 13.3. The fraction of sp³-hybridized carbons (Fsp3) is 1.00. The van der Waals surface area contributed by atoms with Crippen molar-refractivity contribution in [2.45, 2.75) is 101 Å². The van der Waals surface area contributed by atoms with Crippen LogP contribution >= 0.6 is 19.4 Å². The van der Waals surface area contributed by atoms with E-state index in [-0.39, 0.29) is 15.1 Å². The van der Waals surface area contributed by atoms with Crippen LogP contribution in [0.2, 0.25) is 0 Å².